The minimum absolute atomic E-state index is 0.0633. The fraction of sp³-hybridized carbons (Fsp3) is 0.200. The third-order valence-electron chi connectivity index (χ3n) is 2.90. The summed E-state index contributed by atoms with van der Waals surface area (Å²) in [5.74, 6) is 0.480. The molecule has 0 aliphatic carbocycles. The van der Waals surface area contributed by atoms with Gasteiger partial charge in [0.1, 0.15) is 0 Å². The van der Waals surface area contributed by atoms with Crippen LogP contribution < -0.4 is 10.1 Å². The Bertz CT molecular complexity index is 528. The Hall–Kier alpha value is -2.20. The van der Waals surface area contributed by atoms with Crippen molar-refractivity contribution in [1.29, 1.82) is 0 Å². The zero-order valence-corrected chi connectivity index (χ0v) is 10.7. The van der Waals surface area contributed by atoms with Crippen LogP contribution in [-0.4, -0.2) is 23.9 Å². The first-order valence-electron chi connectivity index (χ1n) is 6.04. The van der Waals surface area contributed by atoms with Gasteiger partial charge in [0.2, 0.25) is 0 Å². The summed E-state index contributed by atoms with van der Waals surface area (Å²) in [6, 6.07) is 14.4. The van der Waals surface area contributed by atoms with Crippen molar-refractivity contribution in [3.63, 3.8) is 0 Å². The molecule has 19 heavy (non-hydrogen) atoms. The molecule has 2 aromatic rings. The van der Waals surface area contributed by atoms with Crippen molar-refractivity contribution < 1.29 is 14.9 Å². The van der Waals surface area contributed by atoms with E-state index in [4.69, 9.17) is 4.74 Å². The van der Waals surface area contributed by atoms with E-state index in [9.17, 15) is 10.2 Å². The molecule has 0 amide bonds. The number of phenols is 1. The topological polar surface area (TPSA) is 61.7 Å². The van der Waals surface area contributed by atoms with Gasteiger partial charge in [-0.1, -0.05) is 24.3 Å². The Morgan fingerprint density at radius 3 is 2.47 bits per heavy atom. The summed E-state index contributed by atoms with van der Waals surface area (Å²) >= 11 is 0. The van der Waals surface area contributed by atoms with Gasteiger partial charge in [0.15, 0.2) is 11.5 Å². The SMILES string of the molecule is COc1ccc(C(CO)Nc2ccccc2)cc1O. The zero-order valence-electron chi connectivity index (χ0n) is 10.7. The van der Waals surface area contributed by atoms with Gasteiger partial charge in [-0.3, -0.25) is 0 Å². The molecular formula is C15H17NO3. The van der Waals surface area contributed by atoms with E-state index in [1.807, 2.05) is 36.4 Å². The number of hydrogen-bond donors (Lipinski definition) is 3. The van der Waals surface area contributed by atoms with Crippen molar-refractivity contribution in [3.8, 4) is 11.5 Å². The number of nitrogens with one attached hydrogen (secondary N) is 1. The molecule has 0 heterocycles. The third kappa shape index (κ3) is 3.17. The maximum atomic E-state index is 9.77. The van der Waals surface area contributed by atoms with Crippen molar-refractivity contribution in [3.05, 3.63) is 54.1 Å². The second kappa shape index (κ2) is 6.11. The Kier molecular flexibility index (Phi) is 4.26. The van der Waals surface area contributed by atoms with Gasteiger partial charge in [0.25, 0.3) is 0 Å². The fourth-order valence-corrected chi connectivity index (χ4v) is 1.89. The largest absolute Gasteiger partial charge is 0.504 e. The Morgan fingerprint density at radius 2 is 1.89 bits per heavy atom. The van der Waals surface area contributed by atoms with Gasteiger partial charge in [0.05, 0.1) is 19.8 Å². The van der Waals surface area contributed by atoms with Crippen molar-refractivity contribution >= 4 is 5.69 Å². The van der Waals surface area contributed by atoms with Crippen LogP contribution in [0.3, 0.4) is 0 Å². The van der Waals surface area contributed by atoms with Crippen molar-refractivity contribution in [1.82, 2.24) is 0 Å². The second-order valence-corrected chi connectivity index (χ2v) is 4.18. The average molecular weight is 259 g/mol. The monoisotopic (exact) mass is 259 g/mol. The van der Waals surface area contributed by atoms with E-state index < -0.39 is 0 Å². The van der Waals surface area contributed by atoms with E-state index >= 15 is 0 Å². The molecule has 0 bridgehead atoms. The van der Waals surface area contributed by atoms with Crippen LogP contribution >= 0.6 is 0 Å². The summed E-state index contributed by atoms with van der Waals surface area (Å²) in [6.07, 6.45) is 0. The molecule has 0 aliphatic rings. The molecule has 4 nitrogen and oxygen atoms in total. The molecule has 3 N–H and O–H groups in total. The van der Waals surface area contributed by atoms with Crippen molar-refractivity contribution in [2.45, 2.75) is 6.04 Å². The Morgan fingerprint density at radius 1 is 1.16 bits per heavy atom. The lowest BCUT2D eigenvalue weighted by Crippen LogP contribution is -2.14. The third-order valence-corrected chi connectivity index (χ3v) is 2.90. The van der Waals surface area contributed by atoms with E-state index in [0.29, 0.717) is 5.75 Å². The highest BCUT2D eigenvalue weighted by molar-refractivity contribution is 5.48. The quantitative estimate of drug-likeness (QED) is 0.772. The van der Waals surface area contributed by atoms with Gasteiger partial charge in [-0.2, -0.15) is 0 Å². The molecular weight excluding hydrogens is 242 g/mol. The lowest BCUT2D eigenvalue weighted by molar-refractivity contribution is 0.276. The molecule has 0 spiro atoms. The Labute approximate surface area is 112 Å². The number of anilines is 1. The first-order valence-corrected chi connectivity index (χ1v) is 6.04. The number of aliphatic hydroxyl groups is 1. The summed E-state index contributed by atoms with van der Waals surface area (Å²) in [5.41, 5.74) is 1.71. The van der Waals surface area contributed by atoms with Gasteiger partial charge < -0.3 is 20.3 Å². The molecule has 100 valence electrons. The maximum absolute atomic E-state index is 9.77. The van der Waals surface area contributed by atoms with Gasteiger partial charge in [-0.05, 0) is 29.8 Å². The maximum Gasteiger partial charge on any atom is 0.160 e. The molecule has 1 atom stereocenters. The van der Waals surface area contributed by atoms with Crippen LogP contribution in [0, 0.1) is 0 Å². The summed E-state index contributed by atoms with van der Waals surface area (Å²) in [6.45, 7) is -0.0688. The van der Waals surface area contributed by atoms with E-state index in [1.165, 1.54) is 7.11 Å². The van der Waals surface area contributed by atoms with Crippen LogP contribution in [0.1, 0.15) is 11.6 Å². The van der Waals surface area contributed by atoms with E-state index in [1.54, 1.807) is 12.1 Å². The first kappa shape index (κ1) is 13.2. The molecule has 2 aromatic carbocycles. The average Bonchev–Trinajstić information content (AvgIpc) is 2.46. The zero-order chi connectivity index (χ0) is 13.7. The molecule has 0 saturated carbocycles. The molecule has 1 unspecified atom stereocenters. The van der Waals surface area contributed by atoms with Crippen LogP contribution in [0.5, 0.6) is 11.5 Å². The molecule has 2 rings (SSSR count). The first-order chi connectivity index (χ1) is 9.24. The van der Waals surface area contributed by atoms with Gasteiger partial charge in [0, 0.05) is 5.69 Å². The molecule has 4 heteroatoms. The highest BCUT2D eigenvalue weighted by Gasteiger charge is 2.12. The normalized spacial score (nSPS) is 11.9. The van der Waals surface area contributed by atoms with Gasteiger partial charge in [-0.15, -0.1) is 0 Å². The predicted molar refractivity (Wildman–Crippen MR) is 74.6 cm³/mol. The van der Waals surface area contributed by atoms with E-state index in [0.717, 1.165) is 11.3 Å². The second-order valence-electron chi connectivity index (χ2n) is 4.18. The lowest BCUT2D eigenvalue weighted by atomic mass is 10.1. The highest BCUT2D eigenvalue weighted by Crippen LogP contribution is 2.30. The molecule has 0 aromatic heterocycles. The number of aliphatic hydroxyl groups excluding tert-OH is 1. The number of phenolic OH excluding ortho intramolecular Hbond substituents is 1. The smallest absolute Gasteiger partial charge is 0.160 e. The summed E-state index contributed by atoms with van der Waals surface area (Å²) in [7, 11) is 1.50. The molecule has 0 saturated heterocycles. The summed E-state index contributed by atoms with van der Waals surface area (Å²) < 4.78 is 5.00. The number of hydrogen-bond acceptors (Lipinski definition) is 4. The van der Waals surface area contributed by atoms with Crippen LogP contribution in [0.4, 0.5) is 5.69 Å². The van der Waals surface area contributed by atoms with Gasteiger partial charge in [-0.25, -0.2) is 0 Å². The van der Waals surface area contributed by atoms with Crippen LogP contribution in [-0.2, 0) is 0 Å². The van der Waals surface area contributed by atoms with Gasteiger partial charge >= 0.3 is 0 Å². The van der Waals surface area contributed by atoms with Crippen LogP contribution in [0.25, 0.3) is 0 Å². The molecule has 0 radical (unpaired) electrons. The highest BCUT2D eigenvalue weighted by atomic mass is 16.5. The number of benzene rings is 2. The number of ether oxygens (including phenoxy) is 1. The number of aromatic hydroxyl groups is 1. The van der Waals surface area contributed by atoms with Crippen LogP contribution in [0.15, 0.2) is 48.5 Å². The summed E-state index contributed by atoms with van der Waals surface area (Å²) in [5, 5.41) is 22.5. The van der Waals surface area contributed by atoms with Crippen LogP contribution in [0.2, 0.25) is 0 Å². The number of methoxy groups -OCH3 is 1. The minimum atomic E-state index is -0.279. The molecule has 0 fully saturated rings. The minimum Gasteiger partial charge on any atom is -0.504 e. The van der Waals surface area contributed by atoms with Crippen molar-refractivity contribution in [2.24, 2.45) is 0 Å². The fourth-order valence-electron chi connectivity index (χ4n) is 1.89. The number of para-hydroxylation sites is 1. The summed E-state index contributed by atoms with van der Waals surface area (Å²) in [4.78, 5) is 0. The van der Waals surface area contributed by atoms with E-state index in [2.05, 4.69) is 5.32 Å². The van der Waals surface area contributed by atoms with Crippen molar-refractivity contribution in [2.75, 3.05) is 19.0 Å². The number of rotatable bonds is 5. The molecule has 0 aliphatic heterocycles. The Balaban J connectivity index is 2.20. The predicted octanol–water partition coefficient (Wildman–Crippen LogP) is 2.55. The lowest BCUT2D eigenvalue weighted by Gasteiger charge is -2.18. The van der Waals surface area contributed by atoms with E-state index in [-0.39, 0.29) is 18.4 Å². The standard InChI is InChI=1S/C15H17NO3/c1-19-15-8-7-11(9-14(15)18)13(10-17)16-12-5-3-2-4-6-12/h2-9,13,16-18H,10H2,1H3.